The molecular weight excluding hydrogens is 361 g/mol. The van der Waals surface area contributed by atoms with Crippen LogP contribution in [-0.4, -0.2) is 60.4 Å². The second-order valence-electron chi connectivity index (χ2n) is 6.79. The van der Waals surface area contributed by atoms with E-state index in [9.17, 15) is 9.59 Å². The van der Waals surface area contributed by atoms with Gasteiger partial charge in [-0.15, -0.1) is 0 Å². The van der Waals surface area contributed by atoms with E-state index in [1.807, 2.05) is 4.90 Å². The number of halogens is 2. The summed E-state index contributed by atoms with van der Waals surface area (Å²) in [5.74, 6) is 0.144. The molecule has 3 rings (SSSR count). The van der Waals surface area contributed by atoms with Crippen molar-refractivity contribution >= 4 is 35.0 Å². The van der Waals surface area contributed by atoms with Crippen LogP contribution in [0.3, 0.4) is 0 Å². The number of carbonyl (C=O) groups excluding carboxylic acids is 2. The van der Waals surface area contributed by atoms with E-state index in [4.69, 9.17) is 23.2 Å². The first-order chi connectivity index (χ1) is 12.0. The maximum Gasteiger partial charge on any atom is 0.257 e. The summed E-state index contributed by atoms with van der Waals surface area (Å²) in [7, 11) is 0. The van der Waals surface area contributed by atoms with E-state index in [2.05, 4.69) is 12.2 Å². The third kappa shape index (κ3) is 4.10. The number of nitrogens with zero attached hydrogens (tertiary/aromatic N) is 2. The van der Waals surface area contributed by atoms with Crippen molar-refractivity contribution in [3.05, 3.63) is 33.8 Å². The first kappa shape index (κ1) is 18.5. The van der Waals surface area contributed by atoms with Crippen LogP contribution in [0.5, 0.6) is 0 Å². The molecule has 2 aliphatic heterocycles. The Hall–Kier alpha value is -1.30. The number of carbonyl (C=O) groups is 2. The van der Waals surface area contributed by atoms with Gasteiger partial charge in [0.15, 0.2) is 0 Å². The Bertz CT molecular complexity index is 639. The Kier molecular flexibility index (Phi) is 5.87. The minimum absolute atomic E-state index is 0.0940. The van der Waals surface area contributed by atoms with Crippen LogP contribution in [0.1, 0.15) is 30.1 Å². The topological polar surface area (TPSA) is 52.7 Å². The van der Waals surface area contributed by atoms with Gasteiger partial charge in [-0.05, 0) is 38.4 Å². The number of piperazine rings is 1. The largest absolute Gasteiger partial charge is 0.339 e. The summed E-state index contributed by atoms with van der Waals surface area (Å²) in [4.78, 5) is 29.0. The average Bonchev–Trinajstić information content (AvgIpc) is 2.61. The van der Waals surface area contributed by atoms with Crippen LogP contribution < -0.4 is 5.32 Å². The SMILES string of the molecule is C[C@H]1C[C@@H](C(=O)N2CCN(C(=O)c3c(Cl)cccc3Cl)CC2)CCN1. The minimum Gasteiger partial charge on any atom is -0.339 e. The summed E-state index contributed by atoms with van der Waals surface area (Å²) in [6.45, 7) is 5.14. The van der Waals surface area contributed by atoms with E-state index < -0.39 is 0 Å². The van der Waals surface area contributed by atoms with Crippen molar-refractivity contribution in [2.24, 2.45) is 5.92 Å². The predicted octanol–water partition coefficient (Wildman–Crippen LogP) is 2.67. The van der Waals surface area contributed by atoms with Crippen molar-refractivity contribution in [1.29, 1.82) is 0 Å². The Labute approximate surface area is 158 Å². The fourth-order valence-electron chi connectivity index (χ4n) is 3.60. The Morgan fingerprint density at radius 1 is 1.08 bits per heavy atom. The Morgan fingerprint density at radius 3 is 2.28 bits per heavy atom. The van der Waals surface area contributed by atoms with E-state index in [0.29, 0.717) is 47.8 Å². The molecule has 1 aromatic rings. The second kappa shape index (κ2) is 7.94. The van der Waals surface area contributed by atoms with Crippen LogP contribution >= 0.6 is 23.2 Å². The zero-order valence-corrected chi connectivity index (χ0v) is 15.8. The standard InChI is InChI=1S/C18H23Cl2N3O2/c1-12-11-13(5-6-21-12)17(24)22-7-9-23(10-8-22)18(25)16-14(19)3-2-4-15(16)20/h2-4,12-13,21H,5-11H2,1H3/t12-,13-/m0/s1. The van der Waals surface area contributed by atoms with Gasteiger partial charge in [-0.25, -0.2) is 0 Å². The van der Waals surface area contributed by atoms with Crippen LogP contribution in [0.25, 0.3) is 0 Å². The summed E-state index contributed by atoms with van der Waals surface area (Å²) < 4.78 is 0. The maximum atomic E-state index is 12.7. The van der Waals surface area contributed by atoms with E-state index in [1.165, 1.54) is 0 Å². The van der Waals surface area contributed by atoms with Gasteiger partial charge in [0, 0.05) is 38.1 Å². The van der Waals surface area contributed by atoms with E-state index in [0.717, 1.165) is 19.4 Å². The number of rotatable bonds is 2. The molecule has 2 amide bonds. The molecule has 2 saturated heterocycles. The van der Waals surface area contributed by atoms with Gasteiger partial charge in [0.25, 0.3) is 5.91 Å². The summed E-state index contributed by atoms with van der Waals surface area (Å²) in [6.07, 6.45) is 1.77. The number of nitrogens with one attached hydrogen (secondary N) is 1. The zero-order valence-electron chi connectivity index (χ0n) is 14.3. The first-order valence-corrected chi connectivity index (χ1v) is 9.48. The lowest BCUT2D eigenvalue weighted by Gasteiger charge is -2.38. The molecule has 136 valence electrons. The molecule has 2 fully saturated rings. The van der Waals surface area contributed by atoms with Crippen molar-refractivity contribution in [3.63, 3.8) is 0 Å². The maximum absolute atomic E-state index is 12.7. The van der Waals surface area contributed by atoms with Crippen LogP contribution in [0.2, 0.25) is 10.0 Å². The highest BCUT2D eigenvalue weighted by Gasteiger charge is 2.32. The molecule has 1 N–H and O–H groups in total. The molecule has 0 unspecified atom stereocenters. The van der Waals surface area contributed by atoms with E-state index in [1.54, 1.807) is 23.1 Å². The van der Waals surface area contributed by atoms with Gasteiger partial charge in [0.05, 0.1) is 15.6 Å². The molecule has 2 atom stereocenters. The first-order valence-electron chi connectivity index (χ1n) is 8.73. The monoisotopic (exact) mass is 383 g/mol. The summed E-state index contributed by atoms with van der Waals surface area (Å²) >= 11 is 12.3. The smallest absolute Gasteiger partial charge is 0.257 e. The lowest BCUT2D eigenvalue weighted by Crippen LogP contribution is -2.53. The van der Waals surface area contributed by atoms with Gasteiger partial charge in [-0.2, -0.15) is 0 Å². The summed E-state index contributed by atoms with van der Waals surface area (Å²) in [5, 5.41) is 4.09. The average molecular weight is 384 g/mol. The normalized spacial score (nSPS) is 24.3. The quantitative estimate of drug-likeness (QED) is 0.853. The third-order valence-electron chi connectivity index (χ3n) is 5.03. The molecule has 0 bridgehead atoms. The number of amides is 2. The fraction of sp³-hybridized carbons (Fsp3) is 0.556. The van der Waals surface area contributed by atoms with Crippen molar-refractivity contribution in [3.8, 4) is 0 Å². The number of piperidine rings is 1. The second-order valence-corrected chi connectivity index (χ2v) is 7.61. The molecular formula is C18H23Cl2N3O2. The molecule has 7 heteroatoms. The molecule has 0 saturated carbocycles. The molecule has 0 spiro atoms. The van der Waals surface area contributed by atoms with Crippen LogP contribution in [0, 0.1) is 5.92 Å². The molecule has 0 aromatic heterocycles. The fourth-order valence-corrected chi connectivity index (χ4v) is 4.16. The molecule has 1 aromatic carbocycles. The van der Waals surface area contributed by atoms with Crippen molar-refractivity contribution in [1.82, 2.24) is 15.1 Å². The highest BCUT2D eigenvalue weighted by molar-refractivity contribution is 6.39. The van der Waals surface area contributed by atoms with Gasteiger partial charge >= 0.3 is 0 Å². The molecule has 0 radical (unpaired) electrons. The van der Waals surface area contributed by atoms with Crippen LogP contribution in [-0.2, 0) is 4.79 Å². The molecule has 0 aliphatic carbocycles. The van der Waals surface area contributed by atoms with Crippen LogP contribution in [0.15, 0.2) is 18.2 Å². The van der Waals surface area contributed by atoms with Gasteiger partial charge in [-0.3, -0.25) is 9.59 Å². The van der Waals surface area contributed by atoms with Crippen LogP contribution in [0.4, 0.5) is 0 Å². The number of benzene rings is 1. The molecule has 2 aliphatic rings. The third-order valence-corrected chi connectivity index (χ3v) is 5.66. The lowest BCUT2D eigenvalue weighted by molar-refractivity contribution is -0.138. The highest BCUT2D eigenvalue weighted by atomic mass is 35.5. The van der Waals surface area contributed by atoms with Crippen molar-refractivity contribution < 1.29 is 9.59 Å². The Morgan fingerprint density at radius 2 is 1.68 bits per heavy atom. The minimum atomic E-state index is -0.168. The number of hydrogen-bond donors (Lipinski definition) is 1. The summed E-state index contributed by atoms with van der Waals surface area (Å²) in [5.41, 5.74) is 0.345. The van der Waals surface area contributed by atoms with Gasteiger partial charge in [-0.1, -0.05) is 29.3 Å². The van der Waals surface area contributed by atoms with Gasteiger partial charge in [0.1, 0.15) is 0 Å². The van der Waals surface area contributed by atoms with Crippen molar-refractivity contribution in [2.75, 3.05) is 32.7 Å². The zero-order chi connectivity index (χ0) is 18.0. The Balaban J connectivity index is 1.60. The highest BCUT2D eigenvalue weighted by Crippen LogP contribution is 2.26. The van der Waals surface area contributed by atoms with Gasteiger partial charge < -0.3 is 15.1 Å². The predicted molar refractivity (Wildman–Crippen MR) is 99.1 cm³/mol. The molecule has 5 nitrogen and oxygen atoms in total. The number of hydrogen-bond acceptors (Lipinski definition) is 3. The van der Waals surface area contributed by atoms with Gasteiger partial charge in [0.2, 0.25) is 5.91 Å². The molecule has 2 heterocycles. The van der Waals surface area contributed by atoms with E-state index >= 15 is 0 Å². The summed E-state index contributed by atoms with van der Waals surface area (Å²) in [6, 6.07) is 5.43. The van der Waals surface area contributed by atoms with E-state index in [-0.39, 0.29) is 17.7 Å². The van der Waals surface area contributed by atoms with Crippen molar-refractivity contribution in [2.45, 2.75) is 25.8 Å². The lowest BCUT2D eigenvalue weighted by atomic mass is 9.92. The molecule has 25 heavy (non-hydrogen) atoms.